The van der Waals surface area contributed by atoms with Crippen LogP contribution in [0.15, 0.2) is 42.5 Å². The van der Waals surface area contributed by atoms with Crippen LogP contribution in [0.2, 0.25) is 0 Å². The summed E-state index contributed by atoms with van der Waals surface area (Å²) >= 11 is 0. The second-order valence-electron chi connectivity index (χ2n) is 7.61. The molecule has 2 aromatic carbocycles. The van der Waals surface area contributed by atoms with Crippen LogP contribution in [0.5, 0.6) is 5.75 Å². The van der Waals surface area contributed by atoms with Gasteiger partial charge >= 0.3 is 6.18 Å². The van der Waals surface area contributed by atoms with Crippen molar-refractivity contribution in [1.82, 2.24) is 10.6 Å². The van der Waals surface area contributed by atoms with E-state index in [1.807, 2.05) is 18.2 Å². The third-order valence-electron chi connectivity index (χ3n) is 5.95. The zero-order valence-corrected chi connectivity index (χ0v) is 15.9. The third-order valence-corrected chi connectivity index (χ3v) is 5.95. The zero-order chi connectivity index (χ0) is 19.7. The molecule has 2 N–H and O–H groups in total. The molecule has 0 amide bonds. The number of halogens is 3. The van der Waals surface area contributed by atoms with E-state index in [4.69, 9.17) is 4.74 Å². The molecule has 0 saturated carbocycles. The van der Waals surface area contributed by atoms with Crippen molar-refractivity contribution in [3.05, 3.63) is 64.7 Å². The molecule has 2 aliphatic rings. The van der Waals surface area contributed by atoms with E-state index in [2.05, 4.69) is 22.8 Å². The molecular formula is C22H25F3N2O. The molecule has 28 heavy (non-hydrogen) atoms. The Morgan fingerprint density at radius 1 is 1.14 bits per heavy atom. The van der Waals surface area contributed by atoms with Crippen LogP contribution in [0, 0.1) is 0 Å². The summed E-state index contributed by atoms with van der Waals surface area (Å²) in [5, 5.41) is 7.06. The van der Waals surface area contributed by atoms with Gasteiger partial charge in [0.2, 0.25) is 0 Å². The van der Waals surface area contributed by atoms with Gasteiger partial charge in [0.05, 0.1) is 13.0 Å². The minimum absolute atomic E-state index is 0.126. The molecule has 0 bridgehead atoms. The largest absolute Gasteiger partial charge is 0.496 e. The summed E-state index contributed by atoms with van der Waals surface area (Å²) in [5.41, 5.74) is 3.17. The van der Waals surface area contributed by atoms with Crippen LogP contribution >= 0.6 is 0 Å². The van der Waals surface area contributed by atoms with E-state index in [1.165, 1.54) is 5.56 Å². The highest BCUT2D eigenvalue weighted by molar-refractivity contribution is 5.47. The first kappa shape index (κ1) is 19.3. The highest BCUT2D eigenvalue weighted by atomic mass is 19.4. The van der Waals surface area contributed by atoms with Crippen molar-refractivity contribution in [2.75, 3.05) is 13.7 Å². The molecule has 0 radical (unpaired) electrons. The fourth-order valence-corrected chi connectivity index (χ4v) is 4.52. The quantitative estimate of drug-likeness (QED) is 0.790. The standard InChI is InChI=1S/C22H25F3N2O/c1-28-20-12-15-7-8-18(22(23,24)25)17(15)11-16(20)13-27-19-9-10-26-21(19)14-5-3-2-4-6-14/h2-6,11-12,18-19,21,26-27H,7-10,13H2,1H3. The Kier molecular flexibility index (Phi) is 5.34. The number of aryl methyl sites for hydroxylation is 1. The summed E-state index contributed by atoms with van der Waals surface area (Å²) in [5.74, 6) is -0.700. The topological polar surface area (TPSA) is 33.3 Å². The lowest BCUT2D eigenvalue weighted by Gasteiger charge is -2.23. The lowest BCUT2D eigenvalue weighted by molar-refractivity contribution is -0.149. The average molecular weight is 390 g/mol. The number of fused-ring (bicyclic) bond motifs is 1. The highest BCUT2D eigenvalue weighted by Crippen LogP contribution is 2.46. The Hall–Kier alpha value is -2.05. The molecule has 6 heteroatoms. The number of nitrogens with one attached hydrogen (secondary N) is 2. The summed E-state index contributed by atoms with van der Waals surface area (Å²) in [4.78, 5) is 0. The van der Waals surface area contributed by atoms with Gasteiger partial charge in [0.15, 0.2) is 0 Å². The van der Waals surface area contributed by atoms with Crippen molar-refractivity contribution in [1.29, 1.82) is 0 Å². The van der Waals surface area contributed by atoms with Gasteiger partial charge < -0.3 is 15.4 Å². The second kappa shape index (κ2) is 7.76. The molecule has 3 nitrogen and oxygen atoms in total. The first-order valence-electron chi connectivity index (χ1n) is 9.75. The van der Waals surface area contributed by atoms with Crippen LogP contribution < -0.4 is 15.4 Å². The number of rotatable bonds is 5. The Balaban J connectivity index is 1.53. The van der Waals surface area contributed by atoms with Crippen LogP contribution in [-0.2, 0) is 13.0 Å². The number of alkyl halides is 3. The Morgan fingerprint density at radius 2 is 1.93 bits per heavy atom. The normalized spacial score (nSPS) is 24.4. The van der Waals surface area contributed by atoms with Gasteiger partial charge in [0.25, 0.3) is 0 Å². The third kappa shape index (κ3) is 3.76. The van der Waals surface area contributed by atoms with Crippen molar-refractivity contribution in [3.8, 4) is 5.75 Å². The number of methoxy groups -OCH3 is 1. The predicted molar refractivity (Wildman–Crippen MR) is 103 cm³/mol. The maximum Gasteiger partial charge on any atom is 0.395 e. The fraction of sp³-hybridized carbons (Fsp3) is 0.455. The molecule has 150 valence electrons. The van der Waals surface area contributed by atoms with Gasteiger partial charge in [-0.15, -0.1) is 0 Å². The van der Waals surface area contributed by atoms with E-state index >= 15 is 0 Å². The molecule has 1 fully saturated rings. The molecule has 2 aromatic rings. The van der Waals surface area contributed by atoms with Crippen LogP contribution in [0.4, 0.5) is 13.2 Å². The van der Waals surface area contributed by atoms with E-state index in [9.17, 15) is 13.2 Å². The van der Waals surface area contributed by atoms with Crippen molar-refractivity contribution < 1.29 is 17.9 Å². The number of hydrogen-bond acceptors (Lipinski definition) is 3. The summed E-state index contributed by atoms with van der Waals surface area (Å²) in [6, 6.07) is 14.1. The summed E-state index contributed by atoms with van der Waals surface area (Å²) in [6.07, 6.45) is -2.65. The Labute approximate surface area is 163 Å². The van der Waals surface area contributed by atoms with Crippen LogP contribution in [0.3, 0.4) is 0 Å². The maximum absolute atomic E-state index is 13.4. The highest BCUT2D eigenvalue weighted by Gasteiger charge is 2.44. The SMILES string of the molecule is COc1cc2c(cc1CNC1CCNC1c1ccccc1)C(C(F)(F)F)CC2. The molecule has 0 aromatic heterocycles. The van der Waals surface area contributed by atoms with Gasteiger partial charge in [-0.2, -0.15) is 13.2 Å². The summed E-state index contributed by atoms with van der Waals surface area (Å²) < 4.78 is 45.6. The second-order valence-corrected chi connectivity index (χ2v) is 7.61. The van der Waals surface area contributed by atoms with Gasteiger partial charge in [-0.05, 0) is 54.6 Å². The number of hydrogen-bond donors (Lipinski definition) is 2. The predicted octanol–water partition coefficient (Wildman–Crippen LogP) is 4.48. The first-order valence-corrected chi connectivity index (χ1v) is 9.75. The minimum atomic E-state index is -4.20. The van der Waals surface area contributed by atoms with Crippen LogP contribution in [0.1, 0.15) is 47.1 Å². The van der Waals surface area contributed by atoms with E-state index in [1.54, 1.807) is 19.2 Å². The van der Waals surface area contributed by atoms with E-state index in [-0.39, 0.29) is 18.5 Å². The molecule has 1 saturated heterocycles. The molecular weight excluding hydrogens is 365 g/mol. The van der Waals surface area contributed by atoms with Crippen molar-refractivity contribution in [3.63, 3.8) is 0 Å². The van der Waals surface area contributed by atoms with Crippen LogP contribution in [-0.4, -0.2) is 25.9 Å². The van der Waals surface area contributed by atoms with Gasteiger partial charge in [-0.1, -0.05) is 30.3 Å². The van der Waals surface area contributed by atoms with Gasteiger partial charge in [-0.3, -0.25) is 0 Å². The van der Waals surface area contributed by atoms with Gasteiger partial charge in [0.1, 0.15) is 5.75 Å². The lowest BCUT2D eigenvalue weighted by Crippen LogP contribution is -2.34. The summed E-state index contributed by atoms with van der Waals surface area (Å²) in [6.45, 7) is 1.39. The van der Waals surface area contributed by atoms with Crippen molar-refractivity contribution in [2.24, 2.45) is 0 Å². The minimum Gasteiger partial charge on any atom is -0.496 e. The smallest absolute Gasteiger partial charge is 0.395 e. The van der Waals surface area contributed by atoms with E-state index < -0.39 is 12.1 Å². The number of benzene rings is 2. The molecule has 1 heterocycles. The fourth-order valence-electron chi connectivity index (χ4n) is 4.52. The average Bonchev–Trinajstić information content (AvgIpc) is 3.32. The van der Waals surface area contributed by atoms with Crippen LogP contribution in [0.25, 0.3) is 0 Å². The van der Waals surface area contributed by atoms with Gasteiger partial charge in [-0.25, -0.2) is 0 Å². The van der Waals surface area contributed by atoms with Crippen molar-refractivity contribution >= 4 is 0 Å². The summed E-state index contributed by atoms with van der Waals surface area (Å²) in [7, 11) is 1.57. The maximum atomic E-state index is 13.4. The molecule has 3 unspecified atom stereocenters. The molecule has 1 aliphatic heterocycles. The van der Waals surface area contributed by atoms with E-state index in [0.29, 0.717) is 24.3 Å². The monoisotopic (exact) mass is 390 g/mol. The molecule has 4 rings (SSSR count). The molecule has 0 spiro atoms. The Morgan fingerprint density at radius 3 is 2.64 bits per heavy atom. The first-order chi connectivity index (χ1) is 13.5. The Bertz CT molecular complexity index is 823. The van der Waals surface area contributed by atoms with Gasteiger partial charge in [0, 0.05) is 24.2 Å². The lowest BCUT2D eigenvalue weighted by atomic mass is 9.97. The molecule has 1 aliphatic carbocycles. The van der Waals surface area contributed by atoms with E-state index in [0.717, 1.165) is 24.1 Å². The molecule has 3 atom stereocenters. The zero-order valence-electron chi connectivity index (χ0n) is 15.9. The van der Waals surface area contributed by atoms with Crippen molar-refractivity contribution in [2.45, 2.75) is 50.0 Å². The number of ether oxygens (including phenoxy) is 1.